The number of nitrogens with zero attached hydrogens (tertiary/aromatic N) is 1. The van der Waals surface area contributed by atoms with Gasteiger partial charge in [-0.05, 0) is 32.0 Å². The van der Waals surface area contributed by atoms with Gasteiger partial charge in [-0.3, -0.25) is 10.1 Å². The molecular formula is C14H25N3O5. The molecule has 0 saturated carbocycles. The van der Waals surface area contributed by atoms with Crippen LogP contribution in [0.4, 0.5) is 11.4 Å². The molecule has 5 N–H and O–H groups in total. The third-order valence-corrected chi connectivity index (χ3v) is 2.55. The van der Waals surface area contributed by atoms with Crippen molar-refractivity contribution in [2.24, 2.45) is 0 Å². The molecule has 0 aliphatic heterocycles. The lowest BCUT2D eigenvalue weighted by Gasteiger charge is -2.03. The van der Waals surface area contributed by atoms with Crippen molar-refractivity contribution in [2.45, 2.75) is 12.8 Å². The number of nitro benzene ring substituents is 1. The van der Waals surface area contributed by atoms with Gasteiger partial charge in [-0.1, -0.05) is 12.1 Å². The van der Waals surface area contributed by atoms with E-state index >= 15 is 0 Å². The third kappa shape index (κ3) is 10.1. The van der Waals surface area contributed by atoms with Crippen molar-refractivity contribution in [1.29, 1.82) is 0 Å². The highest BCUT2D eigenvalue weighted by Crippen LogP contribution is 2.22. The van der Waals surface area contributed by atoms with Crippen molar-refractivity contribution in [3.8, 4) is 0 Å². The van der Waals surface area contributed by atoms with Gasteiger partial charge in [0.1, 0.15) is 5.69 Å². The van der Waals surface area contributed by atoms with E-state index in [1.165, 1.54) is 6.07 Å². The zero-order chi connectivity index (χ0) is 16.6. The van der Waals surface area contributed by atoms with Gasteiger partial charge in [-0.25, -0.2) is 0 Å². The summed E-state index contributed by atoms with van der Waals surface area (Å²) in [6.45, 7) is 2.43. The Labute approximate surface area is 129 Å². The van der Waals surface area contributed by atoms with Gasteiger partial charge in [0.05, 0.1) is 11.5 Å². The Hall–Kier alpha value is -1.74. The largest absolute Gasteiger partial charge is 0.396 e. The Morgan fingerprint density at radius 1 is 0.955 bits per heavy atom. The van der Waals surface area contributed by atoms with Gasteiger partial charge in [0.2, 0.25) is 0 Å². The molecular weight excluding hydrogens is 290 g/mol. The Morgan fingerprint density at radius 2 is 1.55 bits per heavy atom. The molecule has 0 bridgehead atoms. The second-order valence-corrected chi connectivity index (χ2v) is 4.33. The van der Waals surface area contributed by atoms with Crippen LogP contribution in [0.15, 0.2) is 24.3 Å². The van der Waals surface area contributed by atoms with Crippen LogP contribution in [0.3, 0.4) is 0 Å². The number of para-hydroxylation sites is 2. The maximum absolute atomic E-state index is 10.5. The molecule has 8 heteroatoms. The molecule has 0 unspecified atom stereocenters. The summed E-state index contributed by atoms with van der Waals surface area (Å²) in [5.74, 6) is 0. The number of nitrogens with one attached hydrogen (secondary N) is 2. The number of hydrogen-bond donors (Lipinski definition) is 5. The minimum Gasteiger partial charge on any atom is -0.396 e. The van der Waals surface area contributed by atoms with Gasteiger partial charge < -0.3 is 26.0 Å². The highest BCUT2D eigenvalue weighted by atomic mass is 16.6. The molecule has 0 aliphatic carbocycles. The van der Waals surface area contributed by atoms with Crippen LogP contribution in [0, 0.1) is 10.1 Å². The van der Waals surface area contributed by atoms with E-state index in [1.54, 1.807) is 18.2 Å². The van der Waals surface area contributed by atoms with E-state index in [2.05, 4.69) is 10.6 Å². The third-order valence-electron chi connectivity index (χ3n) is 2.55. The summed E-state index contributed by atoms with van der Waals surface area (Å²) in [6, 6.07) is 6.32. The van der Waals surface area contributed by atoms with Crippen LogP contribution in [0.5, 0.6) is 0 Å². The van der Waals surface area contributed by atoms with Crippen molar-refractivity contribution in [1.82, 2.24) is 5.32 Å². The lowest BCUT2D eigenvalue weighted by molar-refractivity contribution is -0.384. The maximum Gasteiger partial charge on any atom is 0.292 e. The predicted molar refractivity (Wildman–Crippen MR) is 84.9 cm³/mol. The first kappa shape index (κ1) is 20.3. The van der Waals surface area contributed by atoms with Crippen molar-refractivity contribution in [3.05, 3.63) is 34.4 Å². The summed E-state index contributed by atoms with van der Waals surface area (Å²) in [5, 5.41) is 41.5. The first-order chi connectivity index (χ1) is 10.7. The number of aliphatic hydroxyl groups excluding tert-OH is 3. The summed E-state index contributed by atoms with van der Waals surface area (Å²) >= 11 is 0. The molecule has 126 valence electrons. The molecule has 1 rings (SSSR count). The minimum atomic E-state index is -0.459. The second kappa shape index (κ2) is 14.2. The topological polar surface area (TPSA) is 128 Å². The highest BCUT2D eigenvalue weighted by Gasteiger charge is 2.10. The molecule has 0 aromatic heterocycles. The van der Waals surface area contributed by atoms with Crippen LogP contribution in [-0.2, 0) is 0 Å². The molecule has 0 atom stereocenters. The van der Waals surface area contributed by atoms with E-state index in [-0.39, 0.29) is 25.5 Å². The second-order valence-electron chi connectivity index (χ2n) is 4.33. The molecule has 0 heterocycles. The Kier molecular flexibility index (Phi) is 13.1. The molecule has 0 radical (unpaired) electrons. The fourth-order valence-corrected chi connectivity index (χ4v) is 1.51. The van der Waals surface area contributed by atoms with Gasteiger partial charge in [0, 0.05) is 25.8 Å². The van der Waals surface area contributed by atoms with E-state index in [0.717, 1.165) is 25.9 Å². The first-order valence-electron chi connectivity index (χ1n) is 7.18. The lowest BCUT2D eigenvalue weighted by atomic mass is 10.2. The van der Waals surface area contributed by atoms with Crippen molar-refractivity contribution in [3.63, 3.8) is 0 Å². The monoisotopic (exact) mass is 315 g/mol. The van der Waals surface area contributed by atoms with Crippen LogP contribution in [-0.4, -0.2) is 59.7 Å². The van der Waals surface area contributed by atoms with Gasteiger partial charge >= 0.3 is 0 Å². The highest BCUT2D eigenvalue weighted by molar-refractivity contribution is 5.60. The molecule has 0 aliphatic rings. The number of hydrogen-bond acceptors (Lipinski definition) is 7. The summed E-state index contributed by atoms with van der Waals surface area (Å²) < 4.78 is 0. The Balaban J connectivity index is 0.000000433. The van der Waals surface area contributed by atoms with E-state index in [4.69, 9.17) is 15.3 Å². The fraction of sp³-hybridized carbons (Fsp3) is 0.571. The molecule has 22 heavy (non-hydrogen) atoms. The zero-order valence-corrected chi connectivity index (χ0v) is 12.6. The predicted octanol–water partition coefficient (Wildman–Crippen LogP) is 0.340. The summed E-state index contributed by atoms with van der Waals surface area (Å²) in [7, 11) is 0. The minimum absolute atomic E-state index is 0.0240. The molecule has 0 saturated heterocycles. The number of benzene rings is 1. The van der Waals surface area contributed by atoms with Crippen molar-refractivity contribution in [2.75, 3.05) is 44.8 Å². The SMILES string of the molecule is O=[N+]([O-])c1ccccc1NCCO.OCCCNCCCO. The molecule has 0 amide bonds. The molecule has 1 aromatic rings. The van der Waals surface area contributed by atoms with Gasteiger partial charge in [-0.2, -0.15) is 0 Å². The van der Waals surface area contributed by atoms with Gasteiger partial charge in [0.15, 0.2) is 0 Å². The van der Waals surface area contributed by atoms with Crippen molar-refractivity contribution >= 4 is 11.4 Å². The van der Waals surface area contributed by atoms with Gasteiger partial charge in [-0.15, -0.1) is 0 Å². The number of anilines is 1. The molecule has 0 fully saturated rings. The standard InChI is InChI=1S/C8H10N2O3.C6H15NO2/c11-6-5-9-7-3-1-2-4-8(7)10(12)13;8-5-1-3-7-4-2-6-9/h1-4,9,11H,5-6H2;7-9H,1-6H2. The number of aliphatic hydroxyl groups is 3. The number of rotatable bonds is 10. The molecule has 8 nitrogen and oxygen atoms in total. The first-order valence-corrected chi connectivity index (χ1v) is 7.18. The summed E-state index contributed by atoms with van der Waals surface area (Å²) in [4.78, 5) is 10.0. The van der Waals surface area contributed by atoms with Crippen LogP contribution < -0.4 is 10.6 Å². The van der Waals surface area contributed by atoms with Crippen LogP contribution >= 0.6 is 0 Å². The van der Waals surface area contributed by atoms with Crippen LogP contribution in [0.1, 0.15) is 12.8 Å². The quantitative estimate of drug-likeness (QED) is 0.239. The van der Waals surface area contributed by atoms with E-state index < -0.39 is 4.92 Å². The van der Waals surface area contributed by atoms with Crippen LogP contribution in [0.2, 0.25) is 0 Å². The van der Waals surface area contributed by atoms with Gasteiger partial charge in [0.25, 0.3) is 5.69 Å². The lowest BCUT2D eigenvalue weighted by Crippen LogP contribution is -2.18. The normalized spacial score (nSPS) is 9.77. The summed E-state index contributed by atoms with van der Waals surface area (Å²) in [5.41, 5.74) is 0.456. The van der Waals surface area contributed by atoms with E-state index in [0.29, 0.717) is 12.2 Å². The van der Waals surface area contributed by atoms with Crippen LogP contribution in [0.25, 0.3) is 0 Å². The smallest absolute Gasteiger partial charge is 0.292 e. The molecule has 0 spiro atoms. The van der Waals surface area contributed by atoms with E-state index in [1.807, 2.05) is 0 Å². The summed E-state index contributed by atoms with van der Waals surface area (Å²) in [6.07, 6.45) is 1.59. The average Bonchev–Trinajstić information content (AvgIpc) is 2.53. The average molecular weight is 315 g/mol. The fourth-order valence-electron chi connectivity index (χ4n) is 1.51. The zero-order valence-electron chi connectivity index (χ0n) is 12.6. The van der Waals surface area contributed by atoms with Crippen molar-refractivity contribution < 1.29 is 20.2 Å². The molecule has 1 aromatic carbocycles. The maximum atomic E-state index is 10.5. The van der Waals surface area contributed by atoms with E-state index in [9.17, 15) is 10.1 Å². The Morgan fingerprint density at radius 3 is 2.05 bits per heavy atom. The Bertz CT molecular complexity index is 398. The number of nitro groups is 1.